The number of benzene rings is 2. The summed E-state index contributed by atoms with van der Waals surface area (Å²) in [6.07, 6.45) is 0.169. The molecule has 0 aliphatic carbocycles. The molecule has 1 heterocycles. The minimum atomic E-state index is -0.613. The number of amides is 1. The molecule has 0 fully saturated rings. The zero-order valence-corrected chi connectivity index (χ0v) is 14.5. The van der Waals surface area contributed by atoms with Crippen molar-refractivity contribution in [2.24, 2.45) is 0 Å². The smallest absolute Gasteiger partial charge is 0.261 e. The number of ether oxygens (including phenoxy) is 1. The predicted octanol–water partition coefficient (Wildman–Crippen LogP) is 4.25. The molecule has 24 heavy (non-hydrogen) atoms. The molecule has 1 amide bonds. The number of carbonyl (C=O) groups is 1. The van der Waals surface area contributed by atoms with Gasteiger partial charge in [0.1, 0.15) is 11.6 Å². The van der Waals surface area contributed by atoms with Crippen molar-refractivity contribution in [3.05, 3.63) is 59.4 Å². The van der Waals surface area contributed by atoms with Crippen molar-refractivity contribution in [2.75, 3.05) is 5.75 Å². The van der Waals surface area contributed by atoms with Crippen LogP contribution in [0, 0.1) is 12.7 Å². The van der Waals surface area contributed by atoms with Crippen molar-refractivity contribution in [3.63, 3.8) is 0 Å². The molecule has 1 aliphatic heterocycles. The van der Waals surface area contributed by atoms with Gasteiger partial charge in [0.2, 0.25) is 0 Å². The first-order valence-electron chi connectivity index (χ1n) is 7.99. The summed E-state index contributed by atoms with van der Waals surface area (Å²) in [4.78, 5) is 13.1. The molecule has 0 saturated carbocycles. The number of carbonyl (C=O) groups excluding carboxylic acids is 1. The monoisotopic (exact) mass is 345 g/mol. The Morgan fingerprint density at radius 2 is 2.12 bits per heavy atom. The lowest BCUT2D eigenvalue weighted by Crippen LogP contribution is -2.39. The molecule has 3 rings (SSSR count). The molecule has 3 nitrogen and oxygen atoms in total. The van der Waals surface area contributed by atoms with E-state index in [1.807, 2.05) is 37.3 Å². The quantitative estimate of drug-likeness (QED) is 0.900. The third-order valence-electron chi connectivity index (χ3n) is 4.01. The highest BCUT2D eigenvalue weighted by Crippen LogP contribution is 2.37. The second-order valence-electron chi connectivity index (χ2n) is 5.93. The van der Waals surface area contributed by atoms with Crippen molar-refractivity contribution in [1.29, 1.82) is 0 Å². The fourth-order valence-electron chi connectivity index (χ4n) is 2.77. The van der Waals surface area contributed by atoms with Gasteiger partial charge >= 0.3 is 0 Å². The maximum Gasteiger partial charge on any atom is 0.261 e. The molecule has 0 bridgehead atoms. The molecule has 0 radical (unpaired) electrons. The van der Waals surface area contributed by atoms with E-state index in [0.29, 0.717) is 10.6 Å². The minimum absolute atomic E-state index is 0.173. The van der Waals surface area contributed by atoms with E-state index in [0.717, 1.165) is 23.3 Å². The average molecular weight is 345 g/mol. The molecular formula is C19H20FNO2S. The summed E-state index contributed by atoms with van der Waals surface area (Å²) in [5.74, 6) is 1.04. The van der Waals surface area contributed by atoms with Gasteiger partial charge in [-0.05, 0) is 49.6 Å². The van der Waals surface area contributed by atoms with Crippen LogP contribution in [0.5, 0.6) is 5.75 Å². The number of thioether (sulfide) groups is 1. The Hall–Kier alpha value is -2.01. The van der Waals surface area contributed by atoms with Crippen molar-refractivity contribution < 1.29 is 13.9 Å². The first-order chi connectivity index (χ1) is 11.5. The van der Waals surface area contributed by atoms with Crippen LogP contribution in [0.3, 0.4) is 0 Å². The van der Waals surface area contributed by atoms with Crippen LogP contribution in [0.25, 0.3) is 0 Å². The summed E-state index contributed by atoms with van der Waals surface area (Å²) in [5.41, 5.74) is 1.93. The number of halogens is 1. The molecule has 2 aromatic carbocycles. The molecule has 0 unspecified atom stereocenters. The fourth-order valence-corrected chi connectivity index (χ4v) is 3.91. The van der Waals surface area contributed by atoms with Gasteiger partial charge in [0.15, 0.2) is 6.10 Å². The highest BCUT2D eigenvalue weighted by molar-refractivity contribution is 7.99. The second-order valence-corrected chi connectivity index (χ2v) is 7.04. The third kappa shape index (κ3) is 3.73. The van der Waals surface area contributed by atoms with E-state index < -0.39 is 6.10 Å². The number of hydrogen-bond donors (Lipinski definition) is 1. The lowest BCUT2D eigenvalue weighted by Gasteiger charge is -2.27. The normalized spacial score (nSPS) is 17.7. The zero-order valence-electron chi connectivity index (χ0n) is 13.7. The molecule has 1 aliphatic rings. The molecule has 2 aromatic rings. The summed E-state index contributed by atoms with van der Waals surface area (Å²) in [6.45, 7) is 3.70. The largest absolute Gasteiger partial charge is 0.481 e. The van der Waals surface area contributed by atoms with E-state index >= 15 is 0 Å². The second kappa shape index (κ2) is 7.26. The van der Waals surface area contributed by atoms with Crippen molar-refractivity contribution in [1.82, 2.24) is 5.32 Å². The van der Waals surface area contributed by atoms with Crippen LogP contribution in [-0.4, -0.2) is 17.8 Å². The Bertz CT molecular complexity index is 750. The lowest BCUT2D eigenvalue weighted by atomic mass is 10.0. The topological polar surface area (TPSA) is 38.3 Å². The standard InChI is InChI=1S/C19H20FNO2S/c1-12-5-3-6-14(11-12)23-13(2)19(22)21-17-9-10-24-18-15(17)7-4-8-16(18)20/h3-8,11,13,17H,9-10H2,1-2H3,(H,21,22)/t13-,17-/m1/s1. The molecular weight excluding hydrogens is 325 g/mol. The summed E-state index contributed by atoms with van der Waals surface area (Å²) in [7, 11) is 0. The van der Waals surface area contributed by atoms with Crippen molar-refractivity contribution in [3.8, 4) is 5.75 Å². The molecule has 126 valence electrons. The first-order valence-corrected chi connectivity index (χ1v) is 8.98. The molecule has 0 spiro atoms. The van der Waals surface area contributed by atoms with Crippen LogP contribution < -0.4 is 10.1 Å². The maximum absolute atomic E-state index is 13.9. The van der Waals surface area contributed by atoms with Gasteiger partial charge in [-0.1, -0.05) is 24.3 Å². The third-order valence-corrected chi connectivity index (χ3v) is 5.17. The maximum atomic E-state index is 13.9. The first kappa shape index (κ1) is 16.8. The lowest BCUT2D eigenvalue weighted by molar-refractivity contribution is -0.128. The van der Waals surface area contributed by atoms with E-state index in [-0.39, 0.29) is 17.8 Å². The Morgan fingerprint density at radius 1 is 1.33 bits per heavy atom. The summed E-state index contributed by atoms with van der Waals surface area (Å²) < 4.78 is 19.6. The number of hydrogen-bond acceptors (Lipinski definition) is 3. The van der Waals surface area contributed by atoms with E-state index in [1.54, 1.807) is 13.0 Å². The number of aryl methyl sites for hydroxylation is 1. The fraction of sp³-hybridized carbons (Fsp3) is 0.316. The van der Waals surface area contributed by atoms with Crippen LogP contribution in [0.2, 0.25) is 0 Å². The van der Waals surface area contributed by atoms with Crippen LogP contribution in [0.1, 0.15) is 30.5 Å². The van der Waals surface area contributed by atoms with Gasteiger partial charge in [-0.25, -0.2) is 4.39 Å². The number of fused-ring (bicyclic) bond motifs is 1. The Morgan fingerprint density at radius 3 is 2.92 bits per heavy atom. The van der Waals surface area contributed by atoms with Gasteiger partial charge in [-0.3, -0.25) is 4.79 Å². The zero-order chi connectivity index (χ0) is 17.1. The van der Waals surface area contributed by atoms with Crippen molar-refractivity contribution in [2.45, 2.75) is 37.3 Å². The van der Waals surface area contributed by atoms with Gasteiger partial charge in [0, 0.05) is 10.6 Å². The highest BCUT2D eigenvalue weighted by Gasteiger charge is 2.26. The average Bonchev–Trinajstić information content (AvgIpc) is 2.56. The van der Waals surface area contributed by atoms with E-state index in [9.17, 15) is 9.18 Å². The van der Waals surface area contributed by atoms with Crippen LogP contribution in [-0.2, 0) is 4.79 Å². The van der Waals surface area contributed by atoms with Gasteiger partial charge in [0.05, 0.1) is 6.04 Å². The van der Waals surface area contributed by atoms with E-state index in [1.165, 1.54) is 17.8 Å². The molecule has 0 aromatic heterocycles. The number of rotatable bonds is 4. The van der Waals surface area contributed by atoms with Gasteiger partial charge in [0.25, 0.3) is 5.91 Å². The SMILES string of the molecule is Cc1cccc(O[C@H](C)C(=O)N[C@@H]2CCSc3c(F)cccc32)c1. The van der Waals surface area contributed by atoms with Gasteiger partial charge in [-0.15, -0.1) is 11.8 Å². The predicted molar refractivity (Wildman–Crippen MR) is 93.9 cm³/mol. The Balaban J connectivity index is 1.68. The van der Waals surface area contributed by atoms with Gasteiger partial charge < -0.3 is 10.1 Å². The minimum Gasteiger partial charge on any atom is -0.481 e. The summed E-state index contributed by atoms with van der Waals surface area (Å²) >= 11 is 1.50. The molecule has 0 saturated heterocycles. The molecule has 5 heteroatoms. The Labute approximate surface area is 145 Å². The highest BCUT2D eigenvalue weighted by atomic mass is 32.2. The van der Waals surface area contributed by atoms with Crippen molar-refractivity contribution >= 4 is 17.7 Å². The summed E-state index contributed by atoms with van der Waals surface area (Å²) in [5, 5.41) is 2.99. The Kier molecular flexibility index (Phi) is 5.09. The van der Waals surface area contributed by atoms with Crippen LogP contribution in [0.15, 0.2) is 47.4 Å². The van der Waals surface area contributed by atoms with Crippen LogP contribution in [0.4, 0.5) is 4.39 Å². The van der Waals surface area contributed by atoms with Crippen LogP contribution >= 0.6 is 11.8 Å². The van der Waals surface area contributed by atoms with E-state index in [4.69, 9.17) is 4.74 Å². The molecule has 2 atom stereocenters. The molecule has 1 N–H and O–H groups in total. The van der Waals surface area contributed by atoms with Gasteiger partial charge in [-0.2, -0.15) is 0 Å². The summed E-state index contributed by atoms with van der Waals surface area (Å²) in [6, 6.07) is 12.4. The number of nitrogens with one attached hydrogen (secondary N) is 1. The van der Waals surface area contributed by atoms with E-state index in [2.05, 4.69) is 5.32 Å².